The summed E-state index contributed by atoms with van der Waals surface area (Å²) in [5.41, 5.74) is 5.46. The van der Waals surface area contributed by atoms with E-state index in [0.29, 0.717) is 6.42 Å². The summed E-state index contributed by atoms with van der Waals surface area (Å²) < 4.78 is 0. The molecule has 0 unspecified atom stereocenters. The Morgan fingerprint density at radius 3 is 2.00 bits per heavy atom. The minimum absolute atomic E-state index is 0.0522. The third-order valence-electron chi connectivity index (χ3n) is 3.22. The molecule has 0 aliphatic carbocycles. The fourth-order valence-electron chi connectivity index (χ4n) is 2.70. The number of ketones is 1. The van der Waals surface area contributed by atoms with Crippen molar-refractivity contribution in [3.05, 3.63) is 34.4 Å². The lowest BCUT2D eigenvalue weighted by Crippen LogP contribution is -2.19. The molecular formula is C16H24O. The maximum absolute atomic E-state index is 11.3. The zero-order valence-electron chi connectivity index (χ0n) is 12.0. The van der Waals surface area contributed by atoms with Gasteiger partial charge in [0.15, 0.2) is 0 Å². The first-order valence-corrected chi connectivity index (χ1v) is 6.27. The molecule has 0 fully saturated rings. The third kappa shape index (κ3) is 3.99. The second-order valence-electron chi connectivity index (χ2n) is 6.10. The van der Waals surface area contributed by atoms with E-state index >= 15 is 0 Å². The molecule has 0 saturated carbocycles. The first-order valence-electron chi connectivity index (χ1n) is 6.27. The van der Waals surface area contributed by atoms with Gasteiger partial charge in [-0.2, -0.15) is 0 Å². The highest BCUT2D eigenvalue weighted by molar-refractivity contribution is 5.76. The van der Waals surface area contributed by atoms with E-state index in [4.69, 9.17) is 0 Å². The van der Waals surface area contributed by atoms with E-state index in [0.717, 1.165) is 6.42 Å². The summed E-state index contributed by atoms with van der Waals surface area (Å²) in [5, 5.41) is 0. The third-order valence-corrected chi connectivity index (χ3v) is 3.22. The summed E-state index contributed by atoms with van der Waals surface area (Å²) in [6.07, 6.45) is 1.63. The van der Waals surface area contributed by atoms with Crippen molar-refractivity contribution in [2.45, 2.75) is 54.4 Å². The van der Waals surface area contributed by atoms with Gasteiger partial charge in [-0.3, -0.25) is 0 Å². The van der Waals surface area contributed by atoms with Crippen molar-refractivity contribution in [1.29, 1.82) is 0 Å². The lowest BCUT2D eigenvalue weighted by molar-refractivity contribution is -0.118. The minimum atomic E-state index is 0.0522. The lowest BCUT2D eigenvalue weighted by atomic mass is 9.79. The maximum Gasteiger partial charge on any atom is 0.130 e. The van der Waals surface area contributed by atoms with Crippen LogP contribution in [0.1, 0.15) is 49.4 Å². The molecule has 0 aromatic heterocycles. The van der Waals surface area contributed by atoms with Crippen molar-refractivity contribution in [3.63, 3.8) is 0 Å². The van der Waals surface area contributed by atoms with Gasteiger partial charge in [-0.05, 0) is 56.2 Å². The molecule has 0 heterocycles. The quantitative estimate of drug-likeness (QED) is 0.762. The summed E-state index contributed by atoms with van der Waals surface area (Å²) >= 11 is 0. The number of carbonyl (C=O) groups excluding carboxylic acids is 1. The Balaban J connectivity index is 2.99. The second kappa shape index (κ2) is 5.03. The monoisotopic (exact) mass is 232 g/mol. The molecule has 0 amide bonds. The number of aryl methyl sites for hydroxylation is 3. The van der Waals surface area contributed by atoms with Crippen molar-refractivity contribution in [3.8, 4) is 0 Å². The standard InChI is InChI=1S/C16H24O/c1-11-7-12(2)15(13(3)8-11)10-16(5,6)9-14(4)17/h7-8H,9-10H2,1-6H3. The van der Waals surface area contributed by atoms with Gasteiger partial charge in [0, 0.05) is 6.42 Å². The highest BCUT2D eigenvalue weighted by Gasteiger charge is 2.22. The largest absolute Gasteiger partial charge is 0.300 e. The predicted molar refractivity (Wildman–Crippen MR) is 73.4 cm³/mol. The molecule has 17 heavy (non-hydrogen) atoms. The smallest absolute Gasteiger partial charge is 0.130 e. The fraction of sp³-hybridized carbons (Fsp3) is 0.562. The molecule has 0 bridgehead atoms. The maximum atomic E-state index is 11.3. The van der Waals surface area contributed by atoms with Crippen molar-refractivity contribution in [1.82, 2.24) is 0 Å². The Labute approximate surface area is 105 Å². The van der Waals surface area contributed by atoms with Crippen molar-refractivity contribution >= 4 is 5.78 Å². The molecule has 1 rings (SSSR count). The average Bonchev–Trinajstić information content (AvgIpc) is 2.09. The van der Waals surface area contributed by atoms with Crippen LogP contribution in [0.25, 0.3) is 0 Å². The summed E-state index contributed by atoms with van der Waals surface area (Å²) in [5.74, 6) is 0.275. The van der Waals surface area contributed by atoms with Gasteiger partial charge in [-0.25, -0.2) is 0 Å². The summed E-state index contributed by atoms with van der Waals surface area (Å²) in [6.45, 7) is 12.5. The van der Waals surface area contributed by atoms with Gasteiger partial charge in [0.25, 0.3) is 0 Å². The van der Waals surface area contributed by atoms with E-state index in [1.807, 2.05) is 0 Å². The number of hydrogen-bond acceptors (Lipinski definition) is 1. The molecule has 0 atom stereocenters. The Morgan fingerprint density at radius 2 is 1.59 bits per heavy atom. The van der Waals surface area contributed by atoms with Crippen LogP contribution in [0.5, 0.6) is 0 Å². The molecule has 0 N–H and O–H groups in total. The molecule has 1 nitrogen and oxygen atoms in total. The van der Waals surface area contributed by atoms with E-state index in [1.165, 1.54) is 22.3 Å². The number of rotatable bonds is 4. The fourth-order valence-corrected chi connectivity index (χ4v) is 2.70. The van der Waals surface area contributed by atoms with Crippen LogP contribution in [0.3, 0.4) is 0 Å². The molecule has 0 aliphatic heterocycles. The molecule has 0 aliphatic rings. The van der Waals surface area contributed by atoms with Crippen LogP contribution in [0.4, 0.5) is 0 Å². The van der Waals surface area contributed by atoms with Gasteiger partial charge in [-0.15, -0.1) is 0 Å². The van der Waals surface area contributed by atoms with Crippen molar-refractivity contribution in [2.24, 2.45) is 5.41 Å². The number of hydrogen-bond donors (Lipinski definition) is 0. The summed E-state index contributed by atoms with van der Waals surface area (Å²) in [7, 11) is 0. The second-order valence-corrected chi connectivity index (χ2v) is 6.10. The Hall–Kier alpha value is -1.11. The van der Waals surface area contributed by atoms with Gasteiger partial charge in [0.2, 0.25) is 0 Å². The highest BCUT2D eigenvalue weighted by atomic mass is 16.1. The zero-order chi connectivity index (χ0) is 13.2. The van der Waals surface area contributed by atoms with Crippen LogP contribution in [-0.2, 0) is 11.2 Å². The van der Waals surface area contributed by atoms with Gasteiger partial charge < -0.3 is 4.79 Å². The highest BCUT2D eigenvalue weighted by Crippen LogP contribution is 2.29. The van der Waals surface area contributed by atoms with Crippen LogP contribution in [-0.4, -0.2) is 5.78 Å². The molecule has 1 heteroatoms. The van der Waals surface area contributed by atoms with Crippen molar-refractivity contribution in [2.75, 3.05) is 0 Å². The normalized spacial score (nSPS) is 11.6. The molecular weight excluding hydrogens is 208 g/mol. The zero-order valence-corrected chi connectivity index (χ0v) is 12.0. The minimum Gasteiger partial charge on any atom is -0.300 e. The van der Waals surface area contributed by atoms with E-state index < -0.39 is 0 Å². The predicted octanol–water partition coefficient (Wildman–Crippen LogP) is 4.16. The molecule has 94 valence electrons. The molecule has 0 radical (unpaired) electrons. The van der Waals surface area contributed by atoms with Crippen LogP contribution in [0.2, 0.25) is 0 Å². The van der Waals surface area contributed by atoms with Crippen LogP contribution < -0.4 is 0 Å². The van der Waals surface area contributed by atoms with Gasteiger partial charge in [-0.1, -0.05) is 31.5 Å². The number of benzene rings is 1. The lowest BCUT2D eigenvalue weighted by Gasteiger charge is -2.25. The summed E-state index contributed by atoms with van der Waals surface area (Å²) in [6, 6.07) is 4.46. The molecule has 0 spiro atoms. The SMILES string of the molecule is CC(=O)CC(C)(C)Cc1c(C)cc(C)cc1C. The van der Waals surface area contributed by atoms with E-state index in [2.05, 4.69) is 46.8 Å². The van der Waals surface area contributed by atoms with Gasteiger partial charge >= 0.3 is 0 Å². The Bertz CT molecular complexity index is 404. The van der Waals surface area contributed by atoms with E-state index in [9.17, 15) is 4.79 Å². The molecule has 1 aromatic rings. The Kier molecular flexibility index (Phi) is 4.13. The number of carbonyl (C=O) groups is 1. The van der Waals surface area contributed by atoms with E-state index in [1.54, 1.807) is 6.92 Å². The first-order chi connectivity index (χ1) is 7.71. The first kappa shape index (κ1) is 14.0. The van der Waals surface area contributed by atoms with Gasteiger partial charge in [0.1, 0.15) is 5.78 Å². The van der Waals surface area contributed by atoms with Crippen LogP contribution >= 0.6 is 0 Å². The van der Waals surface area contributed by atoms with Crippen molar-refractivity contribution < 1.29 is 4.79 Å². The van der Waals surface area contributed by atoms with Gasteiger partial charge in [0.05, 0.1) is 0 Å². The van der Waals surface area contributed by atoms with Crippen LogP contribution in [0, 0.1) is 26.2 Å². The molecule has 0 saturated heterocycles. The number of Topliss-reactive ketones (excluding diaryl/α,β-unsaturated/α-hetero) is 1. The summed E-state index contributed by atoms with van der Waals surface area (Å²) in [4.78, 5) is 11.3. The average molecular weight is 232 g/mol. The topological polar surface area (TPSA) is 17.1 Å². The van der Waals surface area contributed by atoms with Crippen LogP contribution in [0.15, 0.2) is 12.1 Å². The molecule has 1 aromatic carbocycles. The Morgan fingerprint density at radius 1 is 1.12 bits per heavy atom. The van der Waals surface area contributed by atoms with E-state index in [-0.39, 0.29) is 11.2 Å².